The molecule has 3 nitrogen and oxygen atoms in total. The fraction of sp³-hybridized carbons (Fsp3) is 0.706. The Kier molecular flexibility index (Phi) is 5.27. The van der Waals surface area contributed by atoms with E-state index in [-0.39, 0.29) is 6.10 Å². The summed E-state index contributed by atoms with van der Waals surface area (Å²) in [6.45, 7) is 8.60. The van der Waals surface area contributed by atoms with Gasteiger partial charge in [-0.1, -0.05) is 20.3 Å². The second kappa shape index (κ2) is 6.96. The fourth-order valence-corrected chi connectivity index (χ4v) is 2.94. The molecule has 3 atom stereocenters. The van der Waals surface area contributed by atoms with E-state index in [0.717, 1.165) is 24.0 Å². The Bertz CT molecular complexity index is 402. The van der Waals surface area contributed by atoms with Gasteiger partial charge in [0.05, 0.1) is 12.3 Å². The highest BCUT2D eigenvalue weighted by atomic mass is 16.5. The Balaban J connectivity index is 1.97. The zero-order valence-electron chi connectivity index (χ0n) is 13.1. The number of hydrogen-bond acceptors (Lipinski definition) is 3. The molecule has 1 aliphatic rings. The average Bonchev–Trinajstić information content (AvgIpc) is 2.41. The molecule has 1 fully saturated rings. The van der Waals surface area contributed by atoms with Crippen molar-refractivity contribution in [2.24, 2.45) is 11.8 Å². The smallest absolute Gasteiger partial charge is 0.213 e. The lowest BCUT2D eigenvalue weighted by atomic mass is 9.79. The van der Waals surface area contributed by atoms with Gasteiger partial charge in [-0.25, -0.2) is 4.98 Å². The standard InChI is InChI=1S/C17H27NO2/c1-5-14-7-6-13(4)10-16(14)20-17-9-8-15(11-18-17)19-12(2)3/h8-9,11-14,16H,5-7,10H2,1-4H3/t13-,14-,16+/m1/s1. The molecule has 1 saturated carbocycles. The van der Waals surface area contributed by atoms with Crippen LogP contribution < -0.4 is 9.47 Å². The van der Waals surface area contributed by atoms with Crippen molar-refractivity contribution < 1.29 is 9.47 Å². The SMILES string of the molecule is CC[C@@H]1CC[C@@H](C)C[C@@H]1Oc1ccc(OC(C)C)cn1. The van der Waals surface area contributed by atoms with Crippen LogP contribution in [0.2, 0.25) is 0 Å². The highest BCUT2D eigenvalue weighted by molar-refractivity contribution is 5.23. The topological polar surface area (TPSA) is 31.4 Å². The van der Waals surface area contributed by atoms with Gasteiger partial charge in [0.1, 0.15) is 11.9 Å². The number of hydrogen-bond donors (Lipinski definition) is 0. The van der Waals surface area contributed by atoms with Crippen LogP contribution in [0.1, 0.15) is 53.4 Å². The lowest BCUT2D eigenvalue weighted by Gasteiger charge is -2.34. The first-order valence-electron chi connectivity index (χ1n) is 7.87. The third-order valence-electron chi connectivity index (χ3n) is 4.07. The van der Waals surface area contributed by atoms with Crippen molar-refractivity contribution in [2.45, 2.75) is 65.6 Å². The van der Waals surface area contributed by atoms with Crippen LogP contribution >= 0.6 is 0 Å². The summed E-state index contributed by atoms with van der Waals surface area (Å²) in [7, 11) is 0. The minimum atomic E-state index is 0.173. The quantitative estimate of drug-likeness (QED) is 0.796. The largest absolute Gasteiger partial charge is 0.489 e. The monoisotopic (exact) mass is 277 g/mol. The highest BCUT2D eigenvalue weighted by Gasteiger charge is 2.29. The lowest BCUT2D eigenvalue weighted by molar-refractivity contribution is 0.0639. The van der Waals surface area contributed by atoms with Gasteiger partial charge in [0, 0.05) is 6.07 Å². The van der Waals surface area contributed by atoms with Crippen LogP contribution in [-0.4, -0.2) is 17.2 Å². The van der Waals surface area contributed by atoms with Gasteiger partial charge in [0.25, 0.3) is 0 Å². The number of pyridine rings is 1. The summed E-state index contributed by atoms with van der Waals surface area (Å²) in [4.78, 5) is 4.37. The third-order valence-corrected chi connectivity index (χ3v) is 4.07. The molecule has 20 heavy (non-hydrogen) atoms. The predicted octanol–water partition coefficient (Wildman–Crippen LogP) is 4.46. The van der Waals surface area contributed by atoms with Crippen molar-refractivity contribution in [3.05, 3.63) is 18.3 Å². The maximum Gasteiger partial charge on any atom is 0.213 e. The van der Waals surface area contributed by atoms with E-state index >= 15 is 0 Å². The molecule has 1 heterocycles. The summed E-state index contributed by atoms with van der Waals surface area (Å²) in [5.74, 6) is 2.95. The Morgan fingerprint density at radius 3 is 2.70 bits per heavy atom. The van der Waals surface area contributed by atoms with Crippen molar-refractivity contribution >= 4 is 0 Å². The van der Waals surface area contributed by atoms with Crippen molar-refractivity contribution in [1.29, 1.82) is 0 Å². The molecule has 0 saturated heterocycles. The van der Waals surface area contributed by atoms with Crippen LogP contribution in [0.25, 0.3) is 0 Å². The summed E-state index contributed by atoms with van der Waals surface area (Å²) in [5, 5.41) is 0. The molecule has 1 aliphatic carbocycles. The normalized spacial score (nSPS) is 26.6. The maximum absolute atomic E-state index is 6.12. The van der Waals surface area contributed by atoms with Crippen LogP contribution in [-0.2, 0) is 0 Å². The Hall–Kier alpha value is -1.25. The summed E-state index contributed by atoms with van der Waals surface area (Å²) in [6.07, 6.45) is 7.17. The van der Waals surface area contributed by atoms with Gasteiger partial charge in [-0.2, -0.15) is 0 Å². The minimum Gasteiger partial charge on any atom is -0.489 e. The second-order valence-electron chi connectivity index (χ2n) is 6.24. The molecule has 3 heteroatoms. The Labute approximate surface area is 122 Å². The zero-order valence-corrected chi connectivity index (χ0v) is 13.1. The summed E-state index contributed by atoms with van der Waals surface area (Å²) < 4.78 is 11.7. The molecule has 0 amide bonds. The van der Waals surface area contributed by atoms with Crippen LogP contribution in [0.3, 0.4) is 0 Å². The van der Waals surface area contributed by atoms with E-state index in [4.69, 9.17) is 9.47 Å². The summed E-state index contributed by atoms with van der Waals surface area (Å²) in [6, 6.07) is 3.86. The molecule has 0 unspecified atom stereocenters. The van der Waals surface area contributed by atoms with E-state index < -0.39 is 0 Å². The van der Waals surface area contributed by atoms with Gasteiger partial charge in [0.2, 0.25) is 5.88 Å². The molecule has 1 aromatic rings. The van der Waals surface area contributed by atoms with Gasteiger partial charge in [-0.15, -0.1) is 0 Å². The molecule has 2 rings (SSSR count). The van der Waals surface area contributed by atoms with Gasteiger partial charge in [0.15, 0.2) is 0 Å². The van der Waals surface area contributed by atoms with Crippen molar-refractivity contribution in [3.8, 4) is 11.6 Å². The third kappa shape index (κ3) is 4.12. The van der Waals surface area contributed by atoms with Gasteiger partial charge in [-0.3, -0.25) is 0 Å². The average molecular weight is 277 g/mol. The number of aromatic nitrogens is 1. The number of ether oxygens (including phenoxy) is 2. The van der Waals surface area contributed by atoms with E-state index in [9.17, 15) is 0 Å². The molecule has 0 spiro atoms. The molecule has 0 aliphatic heterocycles. The minimum absolute atomic E-state index is 0.173. The van der Waals surface area contributed by atoms with Gasteiger partial charge < -0.3 is 9.47 Å². The van der Waals surface area contributed by atoms with E-state index in [0.29, 0.717) is 12.0 Å². The molecule has 0 N–H and O–H groups in total. The molecule has 0 aromatic carbocycles. The van der Waals surface area contributed by atoms with E-state index in [1.165, 1.54) is 19.3 Å². The van der Waals surface area contributed by atoms with Crippen LogP contribution in [0, 0.1) is 11.8 Å². The first-order chi connectivity index (χ1) is 9.58. The van der Waals surface area contributed by atoms with Crippen LogP contribution in [0.5, 0.6) is 11.6 Å². The van der Waals surface area contributed by atoms with E-state index in [1.807, 2.05) is 26.0 Å². The Morgan fingerprint density at radius 1 is 1.30 bits per heavy atom. The first kappa shape index (κ1) is 15.1. The zero-order chi connectivity index (χ0) is 14.5. The van der Waals surface area contributed by atoms with E-state index in [1.54, 1.807) is 6.20 Å². The van der Waals surface area contributed by atoms with Crippen molar-refractivity contribution in [3.63, 3.8) is 0 Å². The highest BCUT2D eigenvalue weighted by Crippen LogP contribution is 2.33. The first-order valence-corrected chi connectivity index (χ1v) is 7.87. The lowest BCUT2D eigenvalue weighted by Crippen LogP contribution is -2.33. The number of nitrogens with zero attached hydrogens (tertiary/aromatic N) is 1. The Morgan fingerprint density at radius 2 is 2.10 bits per heavy atom. The predicted molar refractivity (Wildman–Crippen MR) is 81.2 cm³/mol. The second-order valence-corrected chi connectivity index (χ2v) is 6.24. The molecule has 0 bridgehead atoms. The molecule has 1 aromatic heterocycles. The molecule has 112 valence electrons. The molecule has 0 radical (unpaired) electrons. The molecular formula is C17H27NO2. The summed E-state index contributed by atoms with van der Waals surface area (Å²) >= 11 is 0. The van der Waals surface area contributed by atoms with Crippen LogP contribution in [0.15, 0.2) is 18.3 Å². The van der Waals surface area contributed by atoms with Gasteiger partial charge >= 0.3 is 0 Å². The van der Waals surface area contributed by atoms with E-state index in [2.05, 4.69) is 18.8 Å². The van der Waals surface area contributed by atoms with Crippen molar-refractivity contribution in [2.75, 3.05) is 0 Å². The number of rotatable bonds is 5. The van der Waals surface area contributed by atoms with Crippen molar-refractivity contribution in [1.82, 2.24) is 4.98 Å². The maximum atomic E-state index is 6.12. The van der Waals surface area contributed by atoms with Crippen LogP contribution in [0.4, 0.5) is 0 Å². The van der Waals surface area contributed by atoms with Gasteiger partial charge in [-0.05, 0) is 51.0 Å². The molecular weight excluding hydrogens is 250 g/mol. The fourth-order valence-electron chi connectivity index (χ4n) is 2.94. The summed E-state index contributed by atoms with van der Waals surface area (Å²) in [5.41, 5.74) is 0.